The van der Waals surface area contributed by atoms with Crippen LogP contribution in [0.5, 0.6) is 0 Å². The molecule has 2 N–H and O–H groups in total. The molecule has 0 fully saturated rings. The summed E-state index contributed by atoms with van der Waals surface area (Å²) in [4.78, 5) is 48.6. The van der Waals surface area contributed by atoms with E-state index in [0.717, 1.165) is 6.07 Å². The molecule has 0 heterocycles. The number of benzene rings is 3. The van der Waals surface area contributed by atoms with E-state index in [-0.39, 0.29) is 17.0 Å². The number of rotatable bonds is 8. The number of hydrogen-bond donors (Lipinski definition) is 2. The molecule has 3 rings (SSSR count). The van der Waals surface area contributed by atoms with Crippen LogP contribution in [-0.4, -0.2) is 36.7 Å². The number of nitrogens with one attached hydrogen (secondary N) is 2. The highest BCUT2D eigenvalue weighted by Crippen LogP contribution is 2.19. The lowest BCUT2D eigenvalue weighted by Gasteiger charge is -2.11. The average molecular weight is 434 g/mol. The van der Waals surface area contributed by atoms with Gasteiger partial charge in [0.1, 0.15) is 12.4 Å². The fourth-order valence-electron chi connectivity index (χ4n) is 2.80. The smallest absolute Gasteiger partial charge is 0.325 e. The Morgan fingerprint density at radius 1 is 0.812 bits per heavy atom. The van der Waals surface area contributed by atoms with E-state index in [0.29, 0.717) is 11.1 Å². The molecular formula is C24H19FN2O5. The summed E-state index contributed by atoms with van der Waals surface area (Å²) < 4.78 is 18.0. The molecule has 0 atom stereocenters. The zero-order chi connectivity index (χ0) is 22.9. The number of halogens is 1. The number of carbonyl (C=O) groups is 4. The number of anilines is 1. The fraction of sp³-hybridized carbons (Fsp3) is 0.0833. The van der Waals surface area contributed by atoms with Crippen LogP contribution >= 0.6 is 0 Å². The van der Waals surface area contributed by atoms with Crippen LogP contribution in [0.15, 0.2) is 78.9 Å². The molecule has 0 aliphatic rings. The van der Waals surface area contributed by atoms with Gasteiger partial charge >= 0.3 is 5.97 Å². The number of ketones is 1. The van der Waals surface area contributed by atoms with Crippen LogP contribution in [-0.2, 0) is 14.3 Å². The maximum absolute atomic E-state index is 13.2. The average Bonchev–Trinajstić information content (AvgIpc) is 2.81. The quantitative estimate of drug-likeness (QED) is 0.419. The van der Waals surface area contributed by atoms with Gasteiger partial charge in [0.2, 0.25) is 0 Å². The van der Waals surface area contributed by atoms with E-state index in [2.05, 4.69) is 10.6 Å². The minimum atomic E-state index is -0.849. The van der Waals surface area contributed by atoms with E-state index in [1.807, 2.05) is 0 Å². The predicted octanol–water partition coefficient (Wildman–Crippen LogP) is 2.97. The van der Waals surface area contributed by atoms with Crippen molar-refractivity contribution < 1.29 is 28.3 Å². The molecule has 0 aromatic heterocycles. The third-order valence-corrected chi connectivity index (χ3v) is 4.33. The highest BCUT2D eigenvalue weighted by atomic mass is 19.1. The number of esters is 1. The van der Waals surface area contributed by atoms with E-state index in [1.54, 1.807) is 54.6 Å². The zero-order valence-electron chi connectivity index (χ0n) is 16.8. The Kier molecular flexibility index (Phi) is 7.42. The van der Waals surface area contributed by atoms with Gasteiger partial charge in [0.25, 0.3) is 11.8 Å². The summed E-state index contributed by atoms with van der Waals surface area (Å²) in [7, 11) is 0. The van der Waals surface area contributed by atoms with Crippen LogP contribution in [0.4, 0.5) is 10.1 Å². The van der Waals surface area contributed by atoms with Crippen molar-refractivity contribution >= 4 is 29.3 Å². The maximum atomic E-state index is 13.2. The van der Waals surface area contributed by atoms with Crippen LogP contribution < -0.4 is 10.6 Å². The Morgan fingerprint density at radius 3 is 2.25 bits per heavy atom. The lowest BCUT2D eigenvalue weighted by Crippen LogP contribution is -2.32. The van der Waals surface area contributed by atoms with Crippen LogP contribution in [0.3, 0.4) is 0 Å². The zero-order valence-corrected chi connectivity index (χ0v) is 16.8. The molecular weight excluding hydrogens is 415 g/mol. The van der Waals surface area contributed by atoms with E-state index < -0.39 is 36.8 Å². The third kappa shape index (κ3) is 6.09. The van der Waals surface area contributed by atoms with Crippen LogP contribution in [0.1, 0.15) is 26.3 Å². The molecule has 2 amide bonds. The second-order valence-corrected chi connectivity index (χ2v) is 6.64. The molecule has 0 aliphatic heterocycles. The van der Waals surface area contributed by atoms with Gasteiger partial charge < -0.3 is 15.4 Å². The highest BCUT2D eigenvalue weighted by molar-refractivity contribution is 6.13. The lowest BCUT2D eigenvalue weighted by atomic mass is 10.0. The second kappa shape index (κ2) is 10.6. The van der Waals surface area contributed by atoms with Crippen molar-refractivity contribution in [1.29, 1.82) is 0 Å². The monoisotopic (exact) mass is 434 g/mol. The van der Waals surface area contributed by atoms with Crippen molar-refractivity contribution in [1.82, 2.24) is 5.32 Å². The minimum Gasteiger partial charge on any atom is -0.454 e. The first kappa shape index (κ1) is 22.4. The topological polar surface area (TPSA) is 102 Å². The van der Waals surface area contributed by atoms with Crippen molar-refractivity contribution in [3.05, 3.63) is 101 Å². The molecule has 32 heavy (non-hydrogen) atoms. The molecule has 0 aliphatic carbocycles. The van der Waals surface area contributed by atoms with Crippen molar-refractivity contribution in [3.8, 4) is 0 Å². The Bertz CT molecular complexity index is 1150. The van der Waals surface area contributed by atoms with Gasteiger partial charge in [-0.3, -0.25) is 19.2 Å². The van der Waals surface area contributed by atoms with Crippen molar-refractivity contribution in [3.63, 3.8) is 0 Å². The molecule has 3 aromatic rings. The van der Waals surface area contributed by atoms with Gasteiger partial charge in [-0.25, -0.2) is 4.39 Å². The van der Waals surface area contributed by atoms with E-state index in [9.17, 15) is 23.6 Å². The highest BCUT2D eigenvalue weighted by Gasteiger charge is 2.16. The van der Waals surface area contributed by atoms with Gasteiger partial charge in [-0.2, -0.15) is 0 Å². The minimum absolute atomic E-state index is 0.0511. The number of hydrogen-bond acceptors (Lipinski definition) is 5. The molecule has 0 spiro atoms. The van der Waals surface area contributed by atoms with Crippen molar-refractivity contribution in [2.75, 3.05) is 18.5 Å². The normalized spacial score (nSPS) is 10.2. The number of amides is 2. The van der Waals surface area contributed by atoms with Crippen LogP contribution in [0, 0.1) is 5.82 Å². The summed E-state index contributed by atoms with van der Waals surface area (Å²) in [5, 5.41) is 4.83. The summed E-state index contributed by atoms with van der Waals surface area (Å²) >= 11 is 0. The van der Waals surface area contributed by atoms with E-state index >= 15 is 0 Å². The van der Waals surface area contributed by atoms with Gasteiger partial charge in [-0.1, -0.05) is 48.5 Å². The van der Waals surface area contributed by atoms with Crippen LogP contribution in [0.2, 0.25) is 0 Å². The summed E-state index contributed by atoms with van der Waals surface area (Å²) in [5.41, 5.74) is 1.09. The summed E-state index contributed by atoms with van der Waals surface area (Å²) in [6, 6.07) is 20.1. The van der Waals surface area contributed by atoms with Crippen LogP contribution in [0.25, 0.3) is 0 Å². The van der Waals surface area contributed by atoms with Crippen molar-refractivity contribution in [2.45, 2.75) is 0 Å². The summed E-state index contributed by atoms with van der Waals surface area (Å²) in [5.74, 6) is -3.00. The molecule has 3 aromatic carbocycles. The Labute approximate surface area is 183 Å². The fourth-order valence-corrected chi connectivity index (χ4v) is 2.80. The first-order chi connectivity index (χ1) is 15.4. The molecule has 162 valence electrons. The Hall–Kier alpha value is -4.33. The summed E-state index contributed by atoms with van der Waals surface area (Å²) in [6.07, 6.45) is 0. The van der Waals surface area contributed by atoms with Gasteiger partial charge in [0.05, 0.1) is 5.69 Å². The molecule has 0 saturated carbocycles. The second-order valence-electron chi connectivity index (χ2n) is 6.64. The molecule has 0 saturated heterocycles. The predicted molar refractivity (Wildman–Crippen MR) is 115 cm³/mol. The Morgan fingerprint density at radius 2 is 1.50 bits per heavy atom. The molecule has 0 bridgehead atoms. The molecule has 8 heteroatoms. The van der Waals surface area contributed by atoms with Gasteiger partial charge in [0, 0.05) is 16.7 Å². The summed E-state index contributed by atoms with van der Waals surface area (Å²) in [6.45, 7) is -1.10. The molecule has 7 nitrogen and oxygen atoms in total. The third-order valence-electron chi connectivity index (χ3n) is 4.33. The standard InChI is InChI=1S/C24H19FN2O5/c25-18-10-6-9-17(13-18)24(31)26-14-22(29)32-15-21(28)27-20-12-5-4-11-19(20)23(30)16-7-2-1-3-8-16/h1-13H,14-15H2,(H,26,31)(H,27,28). The molecule has 0 radical (unpaired) electrons. The first-order valence-corrected chi connectivity index (χ1v) is 9.62. The Balaban J connectivity index is 1.51. The maximum Gasteiger partial charge on any atom is 0.325 e. The van der Waals surface area contributed by atoms with Gasteiger partial charge in [0.15, 0.2) is 12.4 Å². The van der Waals surface area contributed by atoms with E-state index in [4.69, 9.17) is 4.74 Å². The lowest BCUT2D eigenvalue weighted by molar-refractivity contribution is -0.146. The number of ether oxygens (including phenoxy) is 1. The van der Waals surface area contributed by atoms with E-state index in [1.165, 1.54) is 18.2 Å². The number of para-hydroxylation sites is 1. The largest absolute Gasteiger partial charge is 0.454 e. The van der Waals surface area contributed by atoms with Gasteiger partial charge in [-0.15, -0.1) is 0 Å². The van der Waals surface area contributed by atoms with Crippen molar-refractivity contribution in [2.24, 2.45) is 0 Å². The SMILES string of the molecule is O=C(COC(=O)CNC(=O)c1cccc(F)c1)Nc1ccccc1C(=O)c1ccccc1. The first-order valence-electron chi connectivity index (χ1n) is 9.62. The number of carbonyl (C=O) groups excluding carboxylic acids is 4. The molecule has 0 unspecified atom stereocenters. The van der Waals surface area contributed by atoms with Gasteiger partial charge in [-0.05, 0) is 30.3 Å².